The predicted octanol–water partition coefficient (Wildman–Crippen LogP) is 3.31. The molecule has 0 radical (unpaired) electrons. The second-order valence-corrected chi connectivity index (χ2v) is 8.39. The molecule has 0 aliphatic carbocycles. The Kier molecular flexibility index (Phi) is 12.8. The highest BCUT2D eigenvalue weighted by atomic mass is 127. The van der Waals surface area contributed by atoms with E-state index >= 15 is 0 Å². The Morgan fingerprint density at radius 2 is 1.86 bits per heavy atom. The molecular weight excluding hydrogens is 520 g/mol. The number of hydrogen-bond acceptors (Lipinski definition) is 3. The maximum absolute atomic E-state index is 12.8. The molecular formula is C18H30F3IN4O2S. The van der Waals surface area contributed by atoms with Gasteiger partial charge in [0.1, 0.15) is 0 Å². The SMILES string of the molecule is CCNC(=NCCC(C)c1cccc(C(F)(F)F)c1)NCCNS(=O)(=O)CC.I. The third-order valence-electron chi connectivity index (χ3n) is 4.08. The number of alkyl halides is 3. The number of sulfonamides is 1. The summed E-state index contributed by atoms with van der Waals surface area (Å²) in [6.45, 7) is 7.00. The van der Waals surface area contributed by atoms with E-state index in [0.29, 0.717) is 37.6 Å². The standard InChI is InChI=1S/C18H29F3N4O2S.HI/c1-4-22-17(24-11-12-25-28(26,27)5-2)23-10-9-14(3)15-7-6-8-16(13-15)18(19,20)21;/h6-8,13-14,25H,4-5,9-12H2,1-3H3,(H2,22,23,24);1H. The van der Waals surface area contributed by atoms with Crippen LogP contribution in [0.25, 0.3) is 0 Å². The zero-order valence-electron chi connectivity index (χ0n) is 16.8. The van der Waals surface area contributed by atoms with Crippen LogP contribution in [0.2, 0.25) is 0 Å². The molecule has 0 aliphatic heterocycles. The molecule has 1 unspecified atom stereocenters. The summed E-state index contributed by atoms with van der Waals surface area (Å²) in [7, 11) is -3.23. The Labute approximate surface area is 188 Å². The first-order chi connectivity index (χ1) is 13.1. The zero-order valence-corrected chi connectivity index (χ0v) is 20.0. The van der Waals surface area contributed by atoms with Crippen molar-refractivity contribution in [3.8, 4) is 0 Å². The molecule has 1 atom stereocenters. The number of aliphatic imine (C=N–C) groups is 1. The van der Waals surface area contributed by atoms with Crippen LogP contribution in [0.4, 0.5) is 13.2 Å². The van der Waals surface area contributed by atoms with Crippen molar-refractivity contribution in [3.63, 3.8) is 0 Å². The van der Waals surface area contributed by atoms with Crippen LogP contribution in [0.15, 0.2) is 29.3 Å². The first-order valence-corrected chi connectivity index (χ1v) is 10.9. The lowest BCUT2D eigenvalue weighted by molar-refractivity contribution is -0.137. The van der Waals surface area contributed by atoms with Crippen LogP contribution in [0, 0.1) is 0 Å². The Bertz CT molecular complexity index is 743. The molecule has 0 fully saturated rings. The van der Waals surface area contributed by atoms with E-state index in [1.54, 1.807) is 13.0 Å². The van der Waals surface area contributed by atoms with Gasteiger partial charge in [-0.05, 0) is 37.8 Å². The van der Waals surface area contributed by atoms with E-state index in [1.165, 1.54) is 12.1 Å². The fraction of sp³-hybridized carbons (Fsp3) is 0.611. The van der Waals surface area contributed by atoms with Crippen LogP contribution >= 0.6 is 24.0 Å². The minimum absolute atomic E-state index is 0. The molecule has 3 N–H and O–H groups in total. The highest BCUT2D eigenvalue weighted by Gasteiger charge is 2.30. The highest BCUT2D eigenvalue weighted by molar-refractivity contribution is 14.0. The van der Waals surface area contributed by atoms with Crippen LogP contribution in [0.5, 0.6) is 0 Å². The summed E-state index contributed by atoms with van der Waals surface area (Å²) in [6, 6.07) is 5.35. The summed E-state index contributed by atoms with van der Waals surface area (Å²) >= 11 is 0. The summed E-state index contributed by atoms with van der Waals surface area (Å²) in [5.74, 6) is 0.480. The molecule has 11 heteroatoms. The van der Waals surface area contributed by atoms with Crippen molar-refractivity contribution in [2.24, 2.45) is 4.99 Å². The van der Waals surface area contributed by atoms with E-state index in [-0.39, 0.29) is 42.2 Å². The second kappa shape index (κ2) is 13.3. The quantitative estimate of drug-likeness (QED) is 0.181. The third-order valence-corrected chi connectivity index (χ3v) is 5.48. The van der Waals surface area contributed by atoms with Crippen molar-refractivity contribution < 1.29 is 21.6 Å². The van der Waals surface area contributed by atoms with Crippen LogP contribution in [-0.2, 0) is 16.2 Å². The summed E-state index contributed by atoms with van der Waals surface area (Å²) < 4.78 is 63.7. The fourth-order valence-corrected chi connectivity index (χ4v) is 3.01. The molecule has 0 heterocycles. The Morgan fingerprint density at radius 3 is 2.45 bits per heavy atom. The molecule has 1 aromatic rings. The number of benzene rings is 1. The largest absolute Gasteiger partial charge is 0.416 e. The van der Waals surface area contributed by atoms with Gasteiger partial charge in [-0.2, -0.15) is 13.2 Å². The minimum atomic E-state index is -4.35. The van der Waals surface area contributed by atoms with E-state index in [9.17, 15) is 21.6 Å². The van der Waals surface area contributed by atoms with E-state index in [4.69, 9.17) is 0 Å². The molecule has 0 saturated carbocycles. The number of rotatable bonds is 10. The molecule has 0 aromatic heterocycles. The first-order valence-electron chi connectivity index (χ1n) is 9.25. The average Bonchev–Trinajstić information content (AvgIpc) is 2.64. The fourth-order valence-electron chi connectivity index (χ4n) is 2.39. The van der Waals surface area contributed by atoms with Crippen molar-refractivity contribution in [2.75, 3.05) is 31.9 Å². The van der Waals surface area contributed by atoms with Gasteiger partial charge in [0, 0.05) is 26.2 Å². The van der Waals surface area contributed by atoms with E-state index in [2.05, 4.69) is 20.3 Å². The second-order valence-electron chi connectivity index (χ2n) is 6.30. The first kappa shape index (κ1) is 27.9. The van der Waals surface area contributed by atoms with Crippen LogP contribution in [0.3, 0.4) is 0 Å². The van der Waals surface area contributed by atoms with Gasteiger partial charge in [0.2, 0.25) is 10.0 Å². The van der Waals surface area contributed by atoms with Crippen molar-refractivity contribution in [2.45, 2.75) is 39.3 Å². The molecule has 0 spiro atoms. The maximum Gasteiger partial charge on any atom is 0.416 e. The van der Waals surface area contributed by atoms with Gasteiger partial charge in [0.25, 0.3) is 0 Å². The average molecular weight is 550 g/mol. The van der Waals surface area contributed by atoms with Gasteiger partial charge in [-0.3, -0.25) is 4.99 Å². The molecule has 0 saturated heterocycles. The lowest BCUT2D eigenvalue weighted by Gasteiger charge is -2.15. The number of nitrogens with one attached hydrogen (secondary N) is 3. The van der Waals surface area contributed by atoms with Gasteiger partial charge in [-0.1, -0.05) is 25.1 Å². The lowest BCUT2D eigenvalue weighted by Crippen LogP contribution is -2.41. The molecule has 168 valence electrons. The van der Waals surface area contributed by atoms with Gasteiger partial charge in [-0.15, -0.1) is 24.0 Å². The van der Waals surface area contributed by atoms with Crippen LogP contribution in [0.1, 0.15) is 44.2 Å². The van der Waals surface area contributed by atoms with Gasteiger partial charge in [0.15, 0.2) is 5.96 Å². The van der Waals surface area contributed by atoms with Gasteiger partial charge >= 0.3 is 6.18 Å². The summed E-state index contributed by atoms with van der Waals surface area (Å²) in [4.78, 5) is 4.40. The maximum atomic E-state index is 12.8. The highest BCUT2D eigenvalue weighted by Crippen LogP contribution is 2.31. The van der Waals surface area contributed by atoms with Crippen LogP contribution < -0.4 is 15.4 Å². The molecule has 29 heavy (non-hydrogen) atoms. The van der Waals surface area contributed by atoms with E-state index in [0.717, 1.165) is 6.07 Å². The predicted molar refractivity (Wildman–Crippen MR) is 121 cm³/mol. The smallest absolute Gasteiger partial charge is 0.357 e. The zero-order chi connectivity index (χ0) is 21.2. The Hall–Kier alpha value is -1.08. The number of halogens is 4. The lowest BCUT2D eigenvalue weighted by atomic mass is 9.96. The summed E-state index contributed by atoms with van der Waals surface area (Å²) in [5.41, 5.74) is -0.0261. The topological polar surface area (TPSA) is 82.6 Å². The molecule has 6 nitrogen and oxygen atoms in total. The Balaban J connectivity index is 0.00000784. The molecule has 0 aliphatic rings. The molecule has 1 aromatic carbocycles. The number of hydrogen-bond donors (Lipinski definition) is 3. The Morgan fingerprint density at radius 1 is 1.17 bits per heavy atom. The minimum Gasteiger partial charge on any atom is -0.357 e. The monoisotopic (exact) mass is 550 g/mol. The summed E-state index contributed by atoms with van der Waals surface area (Å²) in [6.07, 6.45) is -3.77. The van der Waals surface area contributed by atoms with Gasteiger partial charge in [0.05, 0.1) is 11.3 Å². The number of nitrogens with zero attached hydrogens (tertiary/aromatic N) is 1. The normalized spacial score (nSPS) is 13.5. The van der Waals surface area contributed by atoms with Crippen molar-refractivity contribution in [1.29, 1.82) is 0 Å². The van der Waals surface area contributed by atoms with E-state index < -0.39 is 21.8 Å². The molecule has 1 rings (SSSR count). The summed E-state index contributed by atoms with van der Waals surface area (Å²) in [5, 5.41) is 6.07. The molecule has 0 amide bonds. The number of guanidine groups is 1. The van der Waals surface area contributed by atoms with Crippen LogP contribution in [-0.4, -0.2) is 46.3 Å². The van der Waals surface area contributed by atoms with Crippen molar-refractivity contribution in [3.05, 3.63) is 35.4 Å². The van der Waals surface area contributed by atoms with Crippen molar-refractivity contribution >= 4 is 40.0 Å². The van der Waals surface area contributed by atoms with Gasteiger partial charge in [-0.25, -0.2) is 13.1 Å². The van der Waals surface area contributed by atoms with Gasteiger partial charge < -0.3 is 10.6 Å². The van der Waals surface area contributed by atoms with Crippen molar-refractivity contribution in [1.82, 2.24) is 15.4 Å². The van der Waals surface area contributed by atoms with E-state index in [1.807, 2.05) is 13.8 Å². The molecule has 0 bridgehead atoms. The third kappa shape index (κ3) is 11.0.